The Balaban J connectivity index is 2.68. The van der Waals surface area contributed by atoms with Gasteiger partial charge in [0, 0.05) is 20.2 Å². The van der Waals surface area contributed by atoms with Gasteiger partial charge in [-0.2, -0.15) is 0 Å². The second-order valence-electron chi connectivity index (χ2n) is 5.15. The van der Waals surface area contributed by atoms with Gasteiger partial charge < -0.3 is 15.8 Å². The minimum Gasteiger partial charge on any atom is -0.383 e. The largest absolute Gasteiger partial charge is 0.383 e. The van der Waals surface area contributed by atoms with Crippen LogP contribution in [0.1, 0.15) is 25.3 Å². The molecule has 8 heteroatoms. The number of hydrogen-bond donors (Lipinski definition) is 3. The van der Waals surface area contributed by atoms with Crippen molar-refractivity contribution < 1.29 is 17.9 Å². The monoisotopic (exact) mass is 343 g/mol. The average molecular weight is 343 g/mol. The lowest BCUT2D eigenvalue weighted by Crippen LogP contribution is -2.40. The highest BCUT2D eigenvalue weighted by Gasteiger charge is 2.15. The van der Waals surface area contributed by atoms with Gasteiger partial charge in [-0.05, 0) is 24.1 Å². The van der Waals surface area contributed by atoms with Crippen molar-refractivity contribution in [3.8, 4) is 0 Å². The fourth-order valence-electron chi connectivity index (χ4n) is 1.95. The van der Waals surface area contributed by atoms with E-state index in [1.165, 1.54) is 19.2 Å². The highest BCUT2D eigenvalue weighted by atomic mass is 32.2. The molecule has 0 heterocycles. The summed E-state index contributed by atoms with van der Waals surface area (Å²) in [6.07, 6.45) is 1.44. The molecule has 4 N–H and O–H groups in total. The molecule has 0 bridgehead atoms. The predicted octanol–water partition coefficient (Wildman–Crippen LogP) is 0.355. The third-order valence-corrected chi connectivity index (χ3v) is 4.67. The summed E-state index contributed by atoms with van der Waals surface area (Å²) in [4.78, 5) is 11.9. The Bertz CT molecular complexity index is 604. The minimum absolute atomic E-state index is 0.151. The molecular weight excluding hydrogens is 318 g/mol. The van der Waals surface area contributed by atoms with Crippen LogP contribution >= 0.6 is 0 Å². The molecule has 7 nitrogen and oxygen atoms in total. The molecule has 130 valence electrons. The number of methoxy groups -OCH3 is 1. The van der Waals surface area contributed by atoms with Crippen molar-refractivity contribution in [3.05, 3.63) is 29.8 Å². The molecule has 23 heavy (non-hydrogen) atoms. The van der Waals surface area contributed by atoms with Gasteiger partial charge in [-0.15, -0.1) is 0 Å². The van der Waals surface area contributed by atoms with Crippen molar-refractivity contribution >= 4 is 15.9 Å². The van der Waals surface area contributed by atoms with E-state index in [0.717, 1.165) is 6.42 Å². The molecule has 0 aliphatic carbocycles. The average Bonchev–Trinajstić information content (AvgIpc) is 2.53. The molecule has 0 radical (unpaired) electrons. The van der Waals surface area contributed by atoms with Crippen LogP contribution < -0.4 is 15.8 Å². The van der Waals surface area contributed by atoms with E-state index in [1.54, 1.807) is 12.1 Å². The summed E-state index contributed by atoms with van der Waals surface area (Å²) in [7, 11) is -2.09. The lowest BCUT2D eigenvalue weighted by molar-refractivity contribution is -0.122. The molecule has 1 aromatic rings. The van der Waals surface area contributed by atoms with E-state index < -0.39 is 16.1 Å². The lowest BCUT2D eigenvalue weighted by Gasteiger charge is -2.12. The van der Waals surface area contributed by atoms with Gasteiger partial charge in [0.05, 0.1) is 17.5 Å². The molecule has 1 amide bonds. The topological polar surface area (TPSA) is 111 Å². The Hall–Kier alpha value is -1.48. The Morgan fingerprint density at radius 1 is 1.39 bits per heavy atom. The molecule has 0 aromatic heterocycles. The van der Waals surface area contributed by atoms with Crippen LogP contribution in [0.3, 0.4) is 0 Å². The second-order valence-corrected chi connectivity index (χ2v) is 6.92. The Kier molecular flexibility index (Phi) is 8.18. The molecule has 0 fully saturated rings. The van der Waals surface area contributed by atoms with Crippen LogP contribution in [-0.2, 0) is 26.1 Å². The number of sulfonamides is 1. The SMILES string of the molecule is CCCC(N)C(=O)NCc1cccc(S(=O)(=O)NCCOC)c1. The Labute approximate surface area is 137 Å². The first kappa shape index (κ1) is 19.6. The highest BCUT2D eigenvalue weighted by Crippen LogP contribution is 2.11. The first-order chi connectivity index (χ1) is 10.9. The van der Waals surface area contributed by atoms with E-state index >= 15 is 0 Å². The molecule has 0 aliphatic rings. The van der Waals surface area contributed by atoms with E-state index in [0.29, 0.717) is 18.6 Å². The van der Waals surface area contributed by atoms with Gasteiger partial charge in [-0.3, -0.25) is 4.79 Å². The van der Waals surface area contributed by atoms with Crippen molar-refractivity contribution in [2.24, 2.45) is 5.73 Å². The maximum absolute atomic E-state index is 12.1. The molecule has 1 aromatic carbocycles. The van der Waals surface area contributed by atoms with Gasteiger partial charge in [0.25, 0.3) is 0 Å². The summed E-state index contributed by atoms with van der Waals surface area (Å²) >= 11 is 0. The zero-order chi connectivity index (χ0) is 17.3. The summed E-state index contributed by atoms with van der Waals surface area (Å²) in [6.45, 7) is 2.69. The summed E-state index contributed by atoms with van der Waals surface area (Å²) < 4.78 is 31.5. The fourth-order valence-corrected chi connectivity index (χ4v) is 3.03. The van der Waals surface area contributed by atoms with E-state index in [9.17, 15) is 13.2 Å². The van der Waals surface area contributed by atoms with Crippen molar-refractivity contribution in [1.29, 1.82) is 0 Å². The minimum atomic E-state index is -3.59. The molecule has 1 rings (SSSR count). The van der Waals surface area contributed by atoms with Gasteiger partial charge in [0.2, 0.25) is 15.9 Å². The van der Waals surface area contributed by atoms with Gasteiger partial charge >= 0.3 is 0 Å². The Morgan fingerprint density at radius 3 is 2.78 bits per heavy atom. The van der Waals surface area contributed by atoms with E-state index in [1.807, 2.05) is 6.92 Å². The Morgan fingerprint density at radius 2 is 2.13 bits per heavy atom. The second kappa shape index (κ2) is 9.61. The summed E-state index contributed by atoms with van der Waals surface area (Å²) in [5.74, 6) is -0.238. The normalized spacial score (nSPS) is 12.8. The first-order valence-electron chi connectivity index (χ1n) is 7.51. The van der Waals surface area contributed by atoms with Crippen LogP contribution in [0.25, 0.3) is 0 Å². The number of rotatable bonds is 10. The van der Waals surface area contributed by atoms with E-state index in [4.69, 9.17) is 10.5 Å². The van der Waals surface area contributed by atoms with E-state index in [2.05, 4.69) is 10.0 Å². The third kappa shape index (κ3) is 6.66. The maximum Gasteiger partial charge on any atom is 0.240 e. The number of amides is 1. The van der Waals surface area contributed by atoms with Crippen LogP contribution in [0.15, 0.2) is 29.2 Å². The van der Waals surface area contributed by atoms with Gasteiger partial charge in [-0.25, -0.2) is 13.1 Å². The molecule has 1 unspecified atom stereocenters. The van der Waals surface area contributed by atoms with Crippen LogP contribution in [0, 0.1) is 0 Å². The molecule has 0 saturated carbocycles. The number of benzene rings is 1. The lowest BCUT2D eigenvalue weighted by atomic mass is 10.1. The summed E-state index contributed by atoms with van der Waals surface area (Å²) in [5, 5.41) is 2.72. The van der Waals surface area contributed by atoms with Crippen molar-refractivity contribution in [2.75, 3.05) is 20.3 Å². The molecular formula is C15H25N3O4S. The summed E-state index contributed by atoms with van der Waals surface area (Å²) in [5.41, 5.74) is 6.42. The van der Waals surface area contributed by atoms with Crippen molar-refractivity contribution in [3.63, 3.8) is 0 Å². The number of ether oxygens (including phenoxy) is 1. The van der Waals surface area contributed by atoms with Crippen LogP contribution in [0.2, 0.25) is 0 Å². The van der Waals surface area contributed by atoms with Gasteiger partial charge in [-0.1, -0.05) is 25.5 Å². The number of nitrogens with two attached hydrogens (primary N) is 1. The molecule has 0 spiro atoms. The standard InChI is InChI=1S/C15H25N3O4S/c1-3-5-14(16)15(19)17-11-12-6-4-7-13(10-12)23(20,21)18-8-9-22-2/h4,6-7,10,14,18H,3,5,8-9,11,16H2,1-2H3,(H,17,19). The highest BCUT2D eigenvalue weighted by molar-refractivity contribution is 7.89. The number of carbonyl (C=O) groups is 1. The zero-order valence-electron chi connectivity index (χ0n) is 13.5. The van der Waals surface area contributed by atoms with E-state index in [-0.39, 0.29) is 23.9 Å². The number of nitrogens with one attached hydrogen (secondary N) is 2. The van der Waals surface area contributed by atoms with Crippen LogP contribution in [-0.4, -0.2) is 40.6 Å². The van der Waals surface area contributed by atoms with Gasteiger partial charge in [0.15, 0.2) is 0 Å². The maximum atomic E-state index is 12.1. The van der Waals surface area contributed by atoms with Gasteiger partial charge in [0.1, 0.15) is 0 Å². The first-order valence-corrected chi connectivity index (χ1v) is 9.00. The smallest absolute Gasteiger partial charge is 0.240 e. The fraction of sp³-hybridized carbons (Fsp3) is 0.533. The quantitative estimate of drug-likeness (QED) is 0.531. The van der Waals surface area contributed by atoms with Crippen molar-refractivity contribution in [2.45, 2.75) is 37.2 Å². The molecule has 1 atom stereocenters. The predicted molar refractivity (Wildman–Crippen MR) is 88.2 cm³/mol. The molecule has 0 aliphatic heterocycles. The zero-order valence-corrected chi connectivity index (χ0v) is 14.4. The summed E-state index contributed by atoms with van der Waals surface area (Å²) in [6, 6.07) is 5.88. The third-order valence-electron chi connectivity index (χ3n) is 3.21. The van der Waals surface area contributed by atoms with Crippen molar-refractivity contribution in [1.82, 2.24) is 10.0 Å². The molecule has 0 saturated heterocycles. The number of hydrogen-bond acceptors (Lipinski definition) is 5. The number of carbonyl (C=O) groups excluding carboxylic acids is 1. The van der Waals surface area contributed by atoms with Crippen LogP contribution in [0.5, 0.6) is 0 Å². The van der Waals surface area contributed by atoms with Crippen LogP contribution in [0.4, 0.5) is 0 Å².